The first-order valence-corrected chi connectivity index (χ1v) is 11.9. The summed E-state index contributed by atoms with van der Waals surface area (Å²) in [6, 6.07) is 7.04. The van der Waals surface area contributed by atoms with Gasteiger partial charge in [0, 0.05) is 11.3 Å². The van der Waals surface area contributed by atoms with E-state index in [0.29, 0.717) is 24.5 Å². The molecule has 1 fully saturated rings. The number of halogens is 6. The quantitative estimate of drug-likeness (QED) is 0.392. The predicted molar refractivity (Wildman–Crippen MR) is 112 cm³/mol. The second-order valence-corrected chi connectivity index (χ2v) is 11.7. The molecule has 4 rings (SSSR count). The molecule has 1 saturated carbocycles. The minimum Gasteiger partial charge on any atom is -0.507 e. The van der Waals surface area contributed by atoms with E-state index in [-0.39, 0.29) is 22.9 Å². The highest BCUT2D eigenvalue weighted by Gasteiger charge is 2.50. The fraction of sp³-hybridized carbons (Fsp3) is 0.391. The van der Waals surface area contributed by atoms with Gasteiger partial charge in [0.25, 0.3) is 0 Å². The number of aromatic nitrogens is 1. The van der Waals surface area contributed by atoms with Crippen molar-refractivity contribution < 1.29 is 39.9 Å². The highest BCUT2D eigenvalue weighted by Crippen LogP contribution is 2.54. The summed E-state index contributed by atoms with van der Waals surface area (Å²) in [6.07, 6.45) is -8.65. The Kier molecular flexibility index (Phi) is 5.50. The lowest BCUT2D eigenvalue weighted by atomic mass is 9.67. The Hall–Kier alpha value is -2.69. The van der Waals surface area contributed by atoms with Crippen LogP contribution in [0.2, 0.25) is 0 Å². The lowest BCUT2D eigenvalue weighted by Gasteiger charge is -2.44. The second kappa shape index (κ2) is 7.66. The molecule has 3 aliphatic rings. The fourth-order valence-electron chi connectivity index (χ4n) is 4.49. The third-order valence-electron chi connectivity index (χ3n) is 6.84. The van der Waals surface area contributed by atoms with Gasteiger partial charge in [-0.3, -0.25) is 0 Å². The summed E-state index contributed by atoms with van der Waals surface area (Å²) in [5, 5.41) is 10.5. The molecule has 34 heavy (non-hydrogen) atoms. The first kappa shape index (κ1) is 24.4. The Bertz CT molecular complexity index is 1300. The molecule has 1 aliphatic heterocycles. The van der Waals surface area contributed by atoms with Crippen molar-refractivity contribution >= 4 is 9.84 Å². The molecule has 1 aromatic rings. The number of sulfone groups is 1. The number of nitrogens with one attached hydrogen (secondary N) is 1. The van der Waals surface area contributed by atoms with E-state index in [1.54, 1.807) is 0 Å². The Morgan fingerprint density at radius 3 is 2.18 bits per heavy atom. The topological polar surface area (TPSA) is 70.2 Å². The third-order valence-corrected chi connectivity index (χ3v) is 9.43. The zero-order chi connectivity index (χ0) is 25.3. The molecule has 0 aromatic heterocycles. The molecular formula is C23H21F6NO3S. The number of rotatable bonds is 4. The summed E-state index contributed by atoms with van der Waals surface area (Å²) in [7, 11) is -4.14. The molecule has 1 aromatic carbocycles. The smallest absolute Gasteiger partial charge is 0.431 e. The van der Waals surface area contributed by atoms with Gasteiger partial charge in [0.15, 0.2) is 9.84 Å². The zero-order valence-electron chi connectivity index (χ0n) is 18.1. The van der Waals surface area contributed by atoms with Crippen LogP contribution >= 0.6 is 0 Å². The highest BCUT2D eigenvalue weighted by molar-refractivity contribution is 7.92. The average molecular weight is 505 g/mol. The van der Waals surface area contributed by atoms with Gasteiger partial charge in [-0.15, -0.1) is 0 Å². The number of pyridine rings is 1. The van der Waals surface area contributed by atoms with Crippen molar-refractivity contribution in [3.63, 3.8) is 0 Å². The lowest BCUT2D eigenvalue weighted by molar-refractivity contribution is -0.141. The van der Waals surface area contributed by atoms with Crippen LogP contribution in [0.25, 0.3) is 11.3 Å². The van der Waals surface area contributed by atoms with Crippen LogP contribution in [0.4, 0.5) is 26.3 Å². The summed E-state index contributed by atoms with van der Waals surface area (Å²) < 4.78 is 103. The van der Waals surface area contributed by atoms with Crippen molar-refractivity contribution in [1.82, 2.24) is 4.98 Å². The normalized spacial score (nSPS) is 19.9. The molecule has 11 heteroatoms. The van der Waals surface area contributed by atoms with Crippen molar-refractivity contribution in [1.29, 1.82) is 0 Å². The summed E-state index contributed by atoms with van der Waals surface area (Å²) >= 11 is 0. The van der Waals surface area contributed by atoms with Crippen molar-refractivity contribution in [3.8, 4) is 17.0 Å². The van der Waals surface area contributed by atoms with Crippen LogP contribution < -0.4 is 0 Å². The Morgan fingerprint density at radius 1 is 0.941 bits per heavy atom. The summed E-state index contributed by atoms with van der Waals surface area (Å²) in [4.78, 5) is 1.84. The van der Waals surface area contributed by atoms with Crippen LogP contribution in [0, 0.1) is 5.92 Å². The second-order valence-electron chi connectivity index (χ2n) is 9.14. The SMILES string of the molecule is CC(C)(C1CC(c2cc3[nH]c(C(F)(F)F)ccc-3c2O)C1)S(=O)(=O)c1cccc(C(F)(F)F)c1. The van der Waals surface area contributed by atoms with Gasteiger partial charge in [0.1, 0.15) is 11.4 Å². The van der Waals surface area contributed by atoms with E-state index < -0.39 is 49.0 Å². The van der Waals surface area contributed by atoms with E-state index in [1.165, 1.54) is 26.0 Å². The van der Waals surface area contributed by atoms with E-state index in [0.717, 1.165) is 24.3 Å². The van der Waals surface area contributed by atoms with E-state index in [9.17, 15) is 39.9 Å². The zero-order valence-corrected chi connectivity index (χ0v) is 18.9. The summed E-state index contributed by atoms with van der Waals surface area (Å²) in [6.45, 7) is 2.91. The lowest BCUT2D eigenvalue weighted by Crippen LogP contribution is -2.45. The predicted octanol–water partition coefficient (Wildman–Crippen LogP) is 6.61. The first-order valence-electron chi connectivity index (χ1n) is 10.4. The average Bonchev–Trinajstić information content (AvgIpc) is 3.01. The first-order chi connectivity index (χ1) is 15.5. The molecule has 0 radical (unpaired) electrons. The minimum absolute atomic E-state index is 0.113. The maximum atomic E-state index is 13.2. The number of alkyl halides is 6. The monoisotopic (exact) mass is 505 g/mol. The van der Waals surface area contributed by atoms with E-state index in [4.69, 9.17) is 0 Å². The van der Waals surface area contributed by atoms with Crippen LogP contribution in [0.3, 0.4) is 0 Å². The molecular weight excluding hydrogens is 484 g/mol. The molecule has 4 nitrogen and oxygen atoms in total. The van der Waals surface area contributed by atoms with Gasteiger partial charge in [-0.2, -0.15) is 26.3 Å². The van der Waals surface area contributed by atoms with Crippen LogP contribution in [0.15, 0.2) is 47.4 Å². The molecule has 0 unspecified atom stereocenters. The maximum absolute atomic E-state index is 13.2. The molecule has 2 N–H and O–H groups in total. The van der Waals surface area contributed by atoms with Crippen LogP contribution in [0.5, 0.6) is 5.75 Å². The van der Waals surface area contributed by atoms with E-state index in [2.05, 4.69) is 4.98 Å². The number of benzene rings is 1. The molecule has 0 spiro atoms. The summed E-state index contributed by atoms with van der Waals surface area (Å²) in [5.41, 5.74) is -1.27. The molecule has 0 saturated heterocycles. The van der Waals surface area contributed by atoms with Crippen LogP contribution in [-0.2, 0) is 22.2 Å². The molecule has 1 heterocycles. The number of H-pyrrole nitrogens is 1. The van der Waals surface area contributed by atoms with Gasteiger partial charge in [-0.05, 0) is 80.5 Å². The maximum Gasteiger partial charge on any atom is 0.431 e. The summed E-state index contributed by atoms with van der Waals surface area (Å²) in [5.74, 6) is -0.887. The van der Waals surface area contributed by atoms with Crippen molar-refractivity contribution in [3.05, 3.63) is 59.3 Å². The Morgan fingerprint density at radius 2 is 1.59 bits per heavy atom. The standard InChI is InChI=1S/C23H21F6NO3S/c1-21(2,34(32,33)15-5-3-4-13(10-15)22(24,25)26)14-8-12(9-14)17-11-18-16(20(17)31)6-7-19(30-18)23(27,28)29/h3-7,10-12,14,30-31H,8-9H2,1-2H3. The van der Waals surface area contributed by atoms with Crippen molar-refractivity contribution in [2.45, 2.75) is 54.6 Å². The van der Waals surface area contributed by atoms with Gasteiger partial charge in [0.2, 0.25) is 0 Å². The van der Waals surface area contributed by atoms with E-state index in [1.807, 2.05) is 0 Å². The number of hydrogen-bond acceptors (Lipinski definition) is 3. The fourth-order valence-corrected chi connectivity index (χ4v) is 6.27. The number of aromatic hydroxyl groups is 1. The molecule has 2 aliphatic carbocycles. The number of fused-ring (bicyclic) bond motifs is 1. The molecule has 184 valence electrons. The Labute approximate surface area is 191 Å². The molecule has 0 amide bonds. The van der Waals surface area contributed by atoms with E-state index >= 15 is 0 Å². The van der Waals surface area contributed by atoms with Crippen molar-refractivity contribution in [2.75, 3.05) is 0 Å². The van der Waals surface area contributed by atoms with Gasteiger partial charge in [-0.1, -0.05) is 6.07 Å². The highest BCUT2D eigenvalue weighted by atomic mass is 32.2. The van der Waals surface area contributed by atoms with Gasteiger partial charge >= 0.3 is 12.4 Å². The Balaban J connectivity index is 1.58. The van der Waals surface area contributed by atoms with Crippen LogP contribution in [-0.4, -0.2) is 23.3 Å². The van der Waals surface area contributed by atoms with Gasteiger partial charge in [0.05, 0.1) is 15.2 Å². The van der Waals surface area contributed by atoms with Crippen molar-refractivity contribution in [2.24, 2.45) is 5.92 Å². The molecule has 0 atom stereocenters. The number of aromatic amines is 1. The van der Waals surface area contributed by atoms with Gasteiger partial charge in [-0.25, -0.2) is 8.42 Å². The van der Waals surface area contributed by atoms with Gasteiger partial charge < -0.3 is 10.1 Å². The molecule has 0 bridgehead atoms. The van der Waals surface area contributed by atoms with Crippen LogP contribution in [0.1, 0.15) is 49.4 Å². The third kappa shape index (κ3) is 3.93. The largest absolute Gasteiger partial charge is 0.507 e. The minimum atomic E-state index is -4.68. The number of hydrogen-bond donors (Lipinski definition) is 2.